The lowest BCUT2D eigenvalue weighted by molar-refractivity contribution is 0.271. The van der Waals surface area contributed by atoms with Gasteiger partial charge in [0.15, 0.2) is 0 Å². The predicted molar refractivity (Wildman–Crippen MR) is 95.8 cm³/mol. The smallest absolute Gasteiger partial charge is 0.0166 e. The Kier molecular flexibility index (Phi) is 7.47. The lowest BCUT2D eigenvalue weighted by Gasteiger charge is -2.32. The minimum absolute atomic E-state index is 0.374. The summed E-state index contributed by atoms with van der Waals surface area (Å²) in [4.78, 5) is 2.63. The maximum atomic E-state index is 2.63. The van der Waals surface area contributed by atoms with E-state index >= 15 is 0 Å². The van der Waals surface area contributed by atoms with Crippen molar-refractivity contribution in [2.45, 2.75) is 86.5 Å². The van der Waals surface area contributed by atoms with Crippen LogP contribution in [0.25, 0.3) is 0 Å². The van der Waals surface area contributed by atoms with Crippen molar-refractivity contribution in [3.05, 3.63) is 11.6 Å². The van der Waals surface area contributed by atoms with Gasteiger partial charge in [0.1, 0.15) is 0 Å². The first kappa shape index (κ1) is 18.7. The summed E-state index contributed by atoms with van der Waals surface area (Å²) in [5.41, 5.74) is 2.55. The van der Waals surface area contributed by atoms with E-state index in [0.29, 0.717) is 10.8 Å². The Labute approximate surface area is 134 Å². The lowest BCUT2D eigenvalue weighted by Crippen LogP contribution is -2.32. The third-order valence-electron chi connectivity index (χ3n) is 4.66. The average molecular weight is 294 g/mol. The van der Waals surface area contributed by atoms with Gasteiger partial charge >= 0.3 is 0 Å². The standard InChI is InChI=1S/C20H39N/c1-19(2,3)14-10-8-7-9-11-15-21-16-12-18(13-17-21)20(4,5)6/h12H,7-11,13-17H2,1-6H3. The zero-order chi connectivity index (χ0) is 15.9. The monoisotopic (exact) mass is 293 g/mol. The zero-order valence-corrected chi connectivity index (χ0v) is 15.6. The van der Waals surface area contributed by atoms with Crippen molar-refractivity contribution in [2.75, 3.05) is 19.6 Å². The summed E-state index contributed by atoms with van der Waals surface area (Å²) >= 11 is 0. The molecule has 0 bridgehead atoms. The van der Waals surface area contributed by atoms with Crippen LogP contribution in [0.5, 0.6) is 0 Å². The van der Waals surface area contributed by atoms with E-state index in [0.717, 1.165) is 0 Å². The van der Waals surface area contributed by atoms with Gasteiger partial charge in [0.2, 0.25) is 0 Å². The maximum Gasteiger partial charge on any atom is 0.0166 e. The Hall–Kier alpha value is -0.300. The predicted octanol–water partition coefficient (Wildman–Crippen LogP) is 6.05. The molecule has 0 N–H and O–H groups in total. The van der Waals surface area contributed by atoms with Crippen LogP contribution in [-0.4, -0.2) is 24.5 Å². The summed E-state index contributed by atoms with van der Waals surface area (Å²) in [6.07, 6.45) is 12.2. The number of hydrogen-bond donors (Lipinski definition) is 0. The summed E-state index contributed by atoms with van der Waals surface area (Å²) in [6, 6.07) is 0. The molecule has 0 fully saturated rings. The minimum atomic E-state index is 0.374. The molecule has 0 amide bonds. The van der Waals surface area contributed by atoms with Gasteiger partial charge in [0.25, 0.3) is 0 Å². The third kappa shape index (κ3) is 8.66. The number of nitrogens with zero attached hydrogens (tertiary/aromatic N) is 1. The highest BCUT2D eigenvalue weighted by Gasteiger charge is 2.20. The van der Waals surface area contributed by atoms with Crippen LogP contribution in [0.3, 0.4) is 0 Å². The largest absolute Gasteiger partial charge is 0.299 e. The van der Waals surface area contributed by atoms with Crippen LogP contribution >= 0.6 is 0 Å². The van der Waals surface area contributed by atoms with Gasteiger partial charge in [-0.25, -0.2) is 0 Å². The molecule has 0 aromatic carbocycles. The lowest BCUT2D eigenvalue weighted by atomic mass is 9.83. The molecule has 1 heterocycles. The molecule has 0 aromatic heterocycles. The van der Waals surface area contributed by atoms with E-state index in [1.165, 1.54) is 64.6 Å². The van der Waals surface area contributed by atoms with Gasteiger partial charge in [-0.05, 0) is 36.6 Å². The molecule has 1 heteroatoms. The van der Waals surface area contributed by atoms with Crippen molar-refractivity contribution >= 4 is 0 Å². The average Bonchev–Trinajstić information content (AvgIpc) is 2.36. The quantitative estimate of drug-likeness (QED) is 0.408. The Balaban J connectivity index is 2.04. The molecule has 0 spiro atoms. The van der Waals surface area contributed by atoms with Crippen LogP contribution in [-0.2, 0) is 0 Å². The maximum absolute atomic E-state index is 2.63. The highest BCUT2D eigenvalue weighted by molar-refractivity contribution is 5.14. The fourth-order valence-corrected chi connectivity index (χ4v) is 3.12. The van der Waals surface area contributed by atoms with E-state index in [9.17, 15) is 0 Å². The van der Waals surface area contributed by atoms with Crippen LogP contribution in [0, 0.1) is 10.8 Å². The van der Waals surface area contributed by atoms with Gasteiger partial charge in [-0.1, -0.05) is 78.9 Å². The molecule has 0 atom stereocenters. The minimum Gasteiger partial charge on any atom is -0.299 e. The van der Waals surface area contributed by atoms with E-state index in [1.54, 1.807) is 5.57 Å². The summed E-state index contributed by atoms with van der Waals surface area (Å²) in [5, 5.41) is 0. The SMILES string of the molecule is CC(C)(C)CCCCCCCN1CC=C(C(C)(C)C)CC1. The van der Waals surface area contributed by atoms with E-state index in [2.05, 4.69) is 52.5 Å². The van der Waals surface area contributed by atoms with Crippen LogP contribution in [0.15, 0.2) is 11.6 Å². The first-order valence-corrected chi connectivity index (χ1v) is 9.10. The normalized spacial score (nSPS) is 17.9. The molecule has 1 nitrogen and oxygen atoms in total. The van der Waals surface area contributed by atoms with Crippen molar-refractivity contribution in [1.82, 2.24) is 4.90 Å². The second kappa shape index (κ2) is 8.36. The Morgan fingerprint density at radius 2 is 1.52 bits per heavy atom. The molecule has 1 aliphatic heterocycles. The van der Waals surface area contributed by atoms with E-state index < -0.39 is 0 Å². The fourth-order valence-electron chi connectivity index (χ4n) is 3.12. The highest BCUT2D eigenvalue weighted by Crippen LogP contribution is 2.30. The molecule has 124 valence electrons. The topological polar surface area (TPSA) is 3.24 Å². The first-order chi connectivity index (χ1) is 9.68. The molecule has 0 aromatic rings. The van der Waals surface area contributed by atoms with Gasteiger partial charge in [-0.2, -0.15) is 0 Å². The molecule has 1 rings (SSSR count). The molecule has 0 unspecified atom stereocenters. The van der Waals surface area contributed by atoms with E-state index in [1.807, 2.05) is 0 Å². The summed E-state index contributed by atoms with van der Waals surface area (Å²) in [6.45, 7) is 17.8. The molecular formula is C20H39N. The van der Waals surface area contributed by atoms with Gasteiger partial charge in [-0.15, -0.1) is 0 Å². The molecule has 0 saturated carbocycles. The number of unbranched alkanes of at least 4 members (excludes halogenated alkanes) is 4. The van der Waals surface area contributed by atoms with Gasteiger partial charge in [0.05, 0.1) is 0 Å². The molecule has 1 aliphatic rings. The van der Waals surface area contributed by atoms with Crippen molar-refractivity contribution in [1.29, 1.82) is 0 Å². The van der Waals surface area contributed by atoms with Crippen molar-refractivity contribution in [3.8, 4) is 0 Å². The third-order valence-corrected chi connectivity index (χ3v) is 4.66. The molecule has 0 radical (unpaired) electrons. The molecule has 0 saturated heterocycles. The summed E-state index contributed by atoms with van der Waals surface area (Å²) < 4.78 is 0. The Morgan fingerprint density at radius 1 is 0.905 bits per heavy atom. The second-order valence-corrected chi connectivity index (χ2v) is 9.11. The van der Waals surface area contributed by atoms with Gasteiger partial charge < -0.3 is 0 Å². The van der Waals surface area contributed by atoms with Crippen molar-refractivity contribution in [2.24, 2.45) is 10.8 Å². The number of rotatable bonds is 7. The van der Waals surface area contributed by atoms with Crippen LogP contribution in [0.2, 0.25) is 0 Å². The zero-order valence-electron chi connectivity index (χ0n) is 15.6. The van der Waals surface area contributed by atoms with Crippen LogP contribution < -0.4 is 0 Å². The van der Waals surface area contributed by atoms with Crippen molar-refractivity contribution in [3.63, 3.8) is 0 Å². The van der Waals surface area contributed by atoms with Gasteiger partial charge in [-0.3, -0.25) is 4.90 Å². The molecular weight excluding hydrogens is 254 g/mol. The summed E-state index contributed by atoms with van der Waals surface area (Å²) in [5.74, 6) is 0. The molecule has 21 heavy (non-hydrogen) atoms. The summed E-state index contributed by atoms with van der Waals surface area (Å²) in [7, 11) is 0. The molecule has 0 aliphatic carbocycles. The fraction of sp³-hybridized carbons (Fsp3) is 0.900. The van der Waals surface area contributed by atoms with Gasteiger partial charge in [0, 0.05) is 13.1 Å². The van der Waals surface area contributed by atoms with E-state index in [-0.39, 0.29) is 0 Å². The Bertz CT molecular complexity index is 314. The second-order valence-electron chi connectivity index (χ2n) is 9.11. The van der Waals surface area contributed by atoms with E-state index in [4.69, 9.17) is 0 Å². The van der Waals surface area contributed by atoms with Crippen LogP contribution in [0.1, 0.15) is 86.5 Å². The number of hydrogen-bond acceptors (Lipinski definition) is 1. The van der Waals surface area contributed by atoms with Crippen molar-refractivity contribution < 1.29 is 0 Å². The van der Waals surface area contributed by atoms with Crippen LogP contribution in [0.4, 0.5) is 0 Å². The first-order valence-electron chi connectivity index (χ1n) is 9.10. The highest BCUT2D eigenvalue weighted by atomic mass is 15.1. The Morgan fingerprint density at radius 3 is 2.05 bits per heavy atom.